The Kier molecular flexibility index (Phi) is 7.10. The monoisotopic (exact) mass is 446 g/mol. The summed E-state index contributed by atoms with van der Waals surface area (Å²) in [5.74, 6) is 0.0412. The average Bonchev–Trinajstić information content (AvgIpc) is 2.71. The number of nitrogens with one attached hydrogen (secondary N) is 1. The van der Waals surface area contributed by atoms with Crippen molar-refractivity contribution < 1.29 is 9.59 Å². The SMILES string of the molecule is CC(C)(C)C(NC(=O)c1ccccc1Cl)C(=O)N1CCC(c2ccc(Cl)cc2)CC1. The third-order valence-electron chi connectivity index (χ3n) is 5.65. The van der Waals surface area contributed by atoms with E-state index >= 15 is 0 Å². The Balaban J connectivity index is 1.68. The normalized spacial score (nSPS) is 16.2. The van der Waals surface area contributed by atoms with Gasteiger partial charge < -0.3 is 10.2 Å². The van der Waals surface area contributed by atoms with Crippen LogP contribution in [0.4, 0.5) is 0 Å². The molecule has 4 nitrogen and oxygen atoms in total. The summed E-state index contributed by atoms with van der Waals surface area (Å²) in [6.07, 6.45) is 1.78. The molecule has 1 fully saturated rings. The van der Waals surface area contributed by atoms with E-state index in [-0.39, 0.29) is 11.8 Å². The second-order valence-corrected chi connectivity index (χ2v) is 9.75. The van der Waals surface area contributed by atoms with Crippen LogP contribution in [0.2, 0.25) is 10.0 Å². The van der Waals surface area contributed by atoms with Crippen LogP contribution < -0.4 is 5.32 Å². The zero-order chi connectivity index (χ0) is 21.9. The predicted octanol–water partition coefficient (Wildman–Crippen LogP) is 5.54. The number of hydrogen-bond donors (Lipinski definition) is 1. The lowest BCUT2D eigenvalue weighted by Gasteiger charge is -2.38. The van der Waals surface area contributed by atoms with Gasteiger partial charge in [0.15, 0.2) is 0 Å². The van der Waals surface area contributed by atoms with Crippen LogP contribution >= 0.6 is 23.2 Å². The van der Waals surface area contributed by atoms with Crippen LogP contribution in [-0.4, -0.2) is 35.8 Å². The Morgan fingerprint density at radius 1 is 1.00 bits per heavy atom. The van der Waals surface area contributed by atoms with Crippen LogP contribution in [-0.2, 0) is 4.79 Å². The van der Waals surface area contributed by atoms with Gasteiger partial charge in [-0.3, -0.25) is 9.59 Å². The summed E-state index contributed by atoms with van der Waals surface area (Å²) in [5.41, 5.74) is 1.20. The van der Waals surface area contributed by atoms with Crippen molar-refractivity contribution in [3.05, 3.63) is 69.7 Å². The number of rotatable bonds is 4. The first-order chi connectivity index (χ1) is 14.2. The van der Waals surface area contributed by atoms with Gasteiger partial charge in [0.05, 0.1) is 10.6 Å². The summed E-state index contributed by atoms with van der Waals surface area (Å²) in [4.78, 5) is 28.0. The Morgan fingerprint density at radius 3 is 2.17 bits per heavy atom. The summed E-state index contributed by atoms with van der Waals surface area (Å²) >= 11 is 12.2. The number of piperidine rings is 1. The van der Waals surface area contributed by atoms with Crippen molar-refractivity contribution in [1.82, 2.24) is 10.2 Å². The lowest BCUT2D eigenvalue weighted by molar-refractivity contribution is -0.136. The molecule has 0 aliphatic carbocycles. The molecule has 2 aromatic carbocycles. The first-order valence-corrected chi connectivity index (χ1v) is 11.0. The molecule has 1 saturated heterocycles. The fraction of sp³-hybridized carbons (Fsp3) is 0.417. The molecule has 160 valence electrons. The van der Waals surface area contributed by atoms with E-state index in [2.05, 4.69) is 17.4 Å². The van der Waals surface area contributed by atoms with Crippen molar-refractivity contribution in [2.24, 2.45) is 5.41 Å². The highest BCUT2D eigenvalue weighted by Gasteiger charge is 2.37. The molecular weight excluding hydrogens is 419 g/mol. The van der Waals surface area contributed by atoms with Crippen LogP contribution in [0, 0.1) is 5.41 Å². The molecule has 0 spiro atoms. The number of halogens is 2. The predicted molar refractivity (Wildman–Crippen MR) is 122 cm³/mol. The molecule has 0 saturated carbocycles. The highest BCUT2D eigenvalue weighted by molar-refractivity contribution is 6.33. The molecule has 1 unspecified atom stereocenters. The van der Waals surface area contributed by atoms with Gasteiger partial charge in [0.2, 0.25) is 5.91 Å². The third kappa shape index (κ3) is 5.35. The maximum Gasteiger partial charge on any atom is 0.253 e. The molecule has 0 bridgehead atoms. The largest absolute Gasteiger partial charge is 0.341 e. The number of hydrogen-bond acceptors (Lipinski definition) is 2. The standard InChI is InChI=1S/C24H28Cl2N2O2/c1-24(2,3)21(27-22(29)19-6-4-5-7-20(19)26)23(30)28-14-12-17(13-15-28)16-8-10-18(25)11-9-16/h4-11,17,21H,12-15H2,1-3H3,(H,27,29). The second-order valence-electron chi connectivity index (χ2n) is 8.90. The minimum absolute atomic E-state index is 0.0440. The molecule has 2 aromatic rings. The van der Waals surface area contributed by atoms with E-state index < -0.39 is 11.5 Å². The summed E-state index contributed by atoms with van der Waals surface area (Å²) < 4.78 is 0. The van der Waals surface area contributed by atoms with Crippen molar-refractivity contribution in [1.29, 1.82) is 0 Å². The molecule has 1 heterocycles. The molecule has 1 aliphatic heterocycles. The van der Waals surface area contributed by atoms with Gasteiger partial charge in [0.25, 0.3) is 5.91 Å². The van der Waals surface area contributed by atoms with Crippen LogP contribution in [0.1, 0.15) is 55.5 Å². The Labute approximate surface area is 188 Å². The number of benzene rings is 2. The molecular formula is C24H28Cl2N2O2. The van der Waals surface area contributed by atoms with Crippen LogP contribution in [0.25, 0.3) is 0 Å². The summed E-state index contributed by atoms with van der Waals surface area (Å²) in [6.45, 7) is 7.22. The maximum absolute atomic E-state index is 13.3. The maximum atomic E-state index is 13.3. The minimum Gasteiger partial charge on any atom is -0.341 e. The molecule has 0 aromatic heterocycles. The fourth-order valence-corrected chi connectivity index (χ4v) is 4.20. The molecule has 1 atom stereocenters. The van der Waals surface area contributed by atoms with Crippen LogP contribution in [0.5, 0.6) is 0 Å². The van der Waals surface area contributed by atoms with E-state index in [9.17, 15) is 9.59 Å². The van der Waals surface area contributed by atoms with Crippen molar-refractivity contribution in [3.8, 4) is 0 Å². The zero-order valence-corrected chi connectivity index (χ0v) is 19.1. The number of carbonyl (C=O) groups excluding carboxylic acids is 2. The van der Waals surface area contributed by atoms with E-state index in [1.54, 1.807) is 24.3 Å². The van der Waals surface area contributed by atoms with E-state index in [1.165, 1.54) is 5.56 Å². The lowest BCUT2D eigenvalue weighted by atomic mass is 9.84. The van der Waals surface area contributed by atoms with Crippen molar-refractivity contribution in [3.63, 3.8) is 0 Å². The molecule has 30 heavy (non-hydrogen) atoms. The second kappa shape index (κ2) is 9.40. The quantitative estimate of drug-likeness (QED) is 0.669. The Bertz CT molecular complexity index is 898. The summed E-state index contributed by atoms with van der Waals surface area (Å²) in [5, 5.41) is 4.04. The first-order valence-electron chi connectivity index (χ1n) is 10.3. The average molecular weight is 447 g/mol. The van der Waals surface area contributed by atoms with E-state index in [4.69, 9.17) is 23.2 Å². The molecule has 3 rings (SSSR count). The van der Waals surface area contributed by atoms with E-state index in [0.29, 0.717) is 29.6 Å². The number of likely N-dealkylation sites (tertiary alicyclic amines) is 1. The molecule has 6 heteroatoms. The van der Waals surface area contributed by atoms with Crippen LogP contribution in [0.3, 0.4) is 0 Å². The van der Waals surface area contributed by atoms with Crippen molar-refractivity contribution in [2.45, 2.75) is 45.6 Å². The highest BCUT2D eigenvalue weighted by atomic mass is 35.5. The number of amides is 2. The molecule has 0 radical (unpaired) electrons. The van der Waals surface area contributed by atoms with Gasteiger partial charge in [-0.25, -0.2) is 0 Å². The van der Waals surface area contributed by atoms with Crippen LogP contribution in [0.15, 0.2) is 48.5 Å². The molecule has 1 aliphatic rings. The van der Waals surface area contributed by atoms with Crippen molar-refractivity contribution >= 4 is 35.0 Å². The Hall–Kier alpha value is -2.04. The Morgan fingerprint density at radius 2 is 1.60 bits per heavy atom. The van der Waals surface area contributed by atoms with Gasteiger partial charge in [-0.1, -0.05) is 68.2 Å². The van der Waals surface area contributed by atoms with Gasteiger partial charge in [0.1, 0.15) is 6.04 Å². The van der Waals surface area contributed by atoms with Gasteiger partial charge in [-0.05, 0) is 54.0 Å². The minimum atomic E-state index is -0.631. The highest BCUT2D eigenvalue weighted by Crippen LogP contribution is 2.30. The lowest BCUT2D eigenvalue weighted by Crippen LogP contribution is -2.56. The van der Waals surface area contributed by atoms with E-state index in [0.717, 1.165) is 17.9 Å². The number of carbonyl (C=O) groups is 2. The molecule has 2 amide bonds. The van der Waals surface area contributed by atoms with Crippen molar-refractivity contribution in [2.75, 3.05) is 13.1 Å². The first kappa shape index (κ1) is 22.6. The number of nitrogens with zero attached hydrogens (tertiary/aromatic N) is 1. The molecule has 1 N–H and O–H groups in total. The van der Waals surface area contributed by atoms with E-state index in [1.807, 2.05) is 37.8 Å². The van der Waals surface area contributed by atoms with Gasteiger partial charge >= 0.3 is 0 Å². The topological polar surface area (TPSA) is 49.4 Å². The van der Waals surface area contributed by atoms with Gasteiger partial charge in [0, 0.05) is 18.1 Å². The third-order valence-corrected chi connectivity index (χ3v) is 6.24. The summed E-state index contributed by atoms with van der Waals surface area (Å²) in [7, 11) is 0. The van der Waals surface area contributed by atoms with Gasteiger partial charge in [-0.2, -0.15) is 0 Å². The smallest absolute Gasteiger partial charge is 0.253 e. The van der Waals surface area contributed by atoms with Gasteiger partial charge in [-0.15, -0.1) is 0 Å². The summed E-state index contributed by atoms with van der Waals surface area (Å²) in [6, 6.07) is 14.2. The fourth-order valence-electron chi connectivity index (χ4n) is 3.85. The zero-order valence-electron chi connectivity index (χ0n) is 17.6.